The molecule has 0 saturated carbocycles. The summed E-state index contributed by atoms with van der Waals surface area (Å²) >= 11 is 0. The van der Waals surface area contributed by atoms with Crippen molar-refractivity contribution in [2.24, 2.45) is 5.92 Å². The molecule has 1 aliphatic carbocycles. The van der Waals surface area contributed by atoms with Gasteiger partial charge in [-0.1, -0.05) is 66.1 Å². The molecule has 0 radical (unpaired) electrons. The highest BCUT2D eigenvalue weighted by Gasteiger charge is 2.54. The van der Waals surface area contributed by atoms with Crippen LogP contribution in [-0.4, -0.2) is 35.0 Å². The third-order valence-corrected chi connectivity index (χ3v) is 5.30. The third kappa shape index (κ3) is 4.15. The summed E-state index contributed by atoms with van der Waals surface area (Å²) in [5.74, 6) is 9.89. The van der Waals surface area contributed by atoms with Crippen molar-refractivity contribution in [3.8, 4) is 23.7 Å². The number of rotatable bonds is 3. The van der Waals surface area contributed by atoms with Crippen LogP contribution in [0.4, 0.5) is 4.79 Å². The van der Waals surface area contributed by atoms with Gasteiger partial charge in [-0.15, -0.1) is 0 Å². The van der Waals surface area contributed by atoms with Gasteiger partial charge >= 0.3 is 12.0 Å². The number of imide groups is 1. The lowest BCUT2D eigenvalue weighted by Gasteiger charge is -2.46. The Kier molecular flexibility index (Phi) is 5.73. The fraction of sp³-hybridized carbons (Fsp3) is 0.240. The first-order valence-electron chi connectivity index (χ1n) is 9.95. The number of hydrogen-bond acceptors (Lipinski definition) is 4. The molecule has 31 heavy (non-hydrogen) atoms. The molecule has 0 bridgehead atoms. The summed E-state index contributed by atoms with van der Waals surface area (Å²) in [6.45, 7) is 1.53. The Balaban J connectivity index is 1.55. The van der Waals surface area contributed by atoms with E-state index in [1.54, 1.807) is 12.2 Å². The van der Waals surface area contributed by atoms with Crippen molar-refractivity contribution >= 4 is 28.7 Å². The van der Waals surface area contributed by atoms with Crippen molar-refractivity contribution in [3.63, 3.8) is 0 Å². The second-order valence-electron chi connectivity index (χ2n) is 7.28. The number of urea groups is 1. The fourth-order valence-electron chi connectivity index (χ4n) is 3.87. The van der Waals surface area contributed by atoms with Gasteiger partial charge in [-0.05, 0) is 28.5 Å². The average molecular weight is 412 g/mol. The predicted molar refractivity (Wildman–Crippen MR) is 115 cm³/mol. The van der Waals surface area contributed by atoms with Gasteiger partial charge in [0.15, 0.2) is 6.10 Å². The van der Waals surface area contributed by atoms with Crippen LogP contribution < -0.4 is 5.32 Å². The van der Waals surface area contributed by atoms with Crippen LogP contribution in [0.1, 0.15) is 18.9 Å². The number of nitrogens with one attached hydrogen (secondary N) is 1. The van der Waals surface area contributed by atoms with Gasteiger partial charge in [0.05, 0.1) is 5.92 Å². The topological polar surface area (TPSA) is 75.7 Å². The Hall–Kier alpha value is -4.03. The minimum absolute atomic E-state index is 0.258. The molecule has 3 amide bonds. The summed E-state index contributed by atoms with van der Waals surface area (Å²) in [5.41, 5.74) is 0.939. The summed E-state index contributed by atoms with van der Waals surface area (Å²) in [6, 6.07) is 12.5. The van der Waals surface area contributed by atoms with E-state index in [-0.39, 0.29) is 18.9 Å². The second-order valence-corrected chi connectivity index (χ2v) is 7.28. The zero-order valence-electron chi connectivity index (χ0n) is 16.9. The minimum Gasteiger partial charge on any atom is -0.447 e. The number of likely N-dealkylation sites (tertiary alicyclic amines) is 1. The lowest BCUT2D eigenvalue weighted by molar-refractivity contribution is -0.164. The van der Waals surface area contributed by atoms with Gasteiger partial charge in [-0.3, -0.25) is 14.5 Å². The molecule has 154 valence electrons. The lowest BCUT2D eigenvalue weighted by atomic mass is 9.81. The standard InChI is InChI=1S/C25H20N2O4/c1-17(28)31-22-15-6-4-2-3-5-14-21-23(22)27(24(21)29)25(30)26-16-19-12-9-11-18-10-7-8-13-20(18)19/h2,4,7-13,21-23H,14,16H2,1H3,(H,26,30)/b4-2-/t21-,22+,23+/m1/s1. The second kappa shape index (κ2) is 8.77. The number of carbonyl (C=O) groups excluding carboxylic acids is 3. The molecule has 0 spiro atoms. The Labute approximate surface area is 180 Å². The van der Waals surface area contributed by atoms with Crippen LogP contribution in [0.15, 0.2) is 54.6 Å². The van der Waals surface area contributed by atoms with E-state index in [0.717, 1.165) is 21.2 Å². The van der Waals surface area contributed by atoms with Crippen LogP contribution in [0.2, 0.25) is 0 Å². The Morgan fingerprint density at radius 1 is 1.13 bits per heavy atom. The van der Waals surface area contributed by atoms with E-state index in [1.807, 2.05) is 42.5 Å². The molecule has 2 aliphatic rings. The van der Waals surface area contributed by atoms with E-state index in [9.17, 15) is 14.4 Å². The number of allylic oxidation sites excluding steroid dienone is 2. The molecule has 1 fully saturated rings. The summed E-state index contributed by atoms with van der Waals surface area (Å²) in [5, 5.41) is 4.92. The highest BCUT2D eigenvalue weighted by Crippen LogP contribution is 2.33. The maximum Gasteiger partial charge on any atom is 0.324 e. The van der Waals surface area contributed by atoms with Crippen LogP contribution in [0.25, 0.3) is 10.8 Å². The van der Waals surface area contributed by atoms with Crippen LogP contribution >= 0.6 is 0 Å². The normalized spacial score (nSPS) is 22.5. The number of hydrogen-bond donors (Lipinski definition) is 1. The van der Waals surface area contributed by atoms with Crippen LogP contribution in [0.3, 0.4) is 0 Å². The molecule has 2 aromatic carbocycles. The van der Waals surface area contributed by atoms with Crippen LogP contribution in [0.5, 0.6) is 0 Å². The molecule has 1 aliphatic heterocycles. The van der Waals surface area contributed by atoms with Gasteiger partial charge in [0.25, 0.3) is 0 Å². The summed E-state index contributed by atoms with van der Waals surface area (Å²) in [6.07, 6.45) is 2.49. The first-order valence-corrected chi connectivity index (χ1v) is 9.95. The van der Waals surface area contributed by atoms with Crippen LogP contribution in [0, 0.1) is 29.6 Å². The quantitative estimate of drug-likeness (QED) is 0.478. The number of nitrogens with zero attached hydrogens (tertiary/aromatic N) is 1. The highest BCUT2D eigenvalue weighted by molar-refractivity contribution is 6.02. The number of esters is 1. The molecule has 1 heterocycles. The first kappa shape index (κ1) is 20.3. The Bertz CT molecular complexity index is 1200. The van der Waals surface area contributed by atoms with Gasteiger partial charge in [0.1, 0.15) is 6.04 Å². The van der Waals surface area contributed by atoms with Crippen molar-refractivity contribution in [1.82, 2.24) is 10.2 Å². The molecule has 3 atom stereocenters. The van der Waals surface area contributed by atoms with Gasteiger partial charge in [-0.2, -0.15) is 0 Å². The molecule has 6 nitrogen and oxygen atoms in total. The van der Waals surface area contributed by atoms with Crippen molar-refractivity contribution in [2.75, 3.05) is 0 Å². The molecule has 1 N–H and O–H groups in total. The van der Waals surface area contributed by atoms with Crippen LogP contribution in [-0.2, 0) is 20.9 Å². The molecule has 4 rings (SSSR count). The van der Waals surface area contributed by atoms with E-state index in [4.69, 9.17) is 4.74 Å². The zero-order valence-corrected chi connectivity index (χ0v) is 16.9. The monoisotopic (exact) mass is 412 g/mol. The van der Waals surface area contributed by atoms with Crippen molar-refractivity contribution < 1.29 is 19.1 Å². The largest absolute Gasteiger partial charge is 0.447 e. The highest BCUT2D eigenvalue weighted by atomic mass is 16.5. The summed E-state index contributed by atoms with van der Waals surface area (Å²) in [4.78, 5) is 38.4. The van der Waals surface area contributed by atoms with Crippen molar-refractivity contribution in [3.05, 3.63) is 60.2 Å². The predicted octanol–water partition coefficient (Wildman–Crippen LogP) is 2.77. The van der Waals surface area contributed by atoms with Crippen molar-refractivity contribution in [2.45, 2.75) is 32.0 Å². The summed E-state index contributed by atoms with van der Waals surface area (Å²) < 4.78 is 5.34. The average Bonchev–Trinajstić information content (AvgIpc) is 2.76. The zero-order chi connectivity index (χ0) is 21.8. The number of carbonyl (C=O) groups is 3. The van der Waals surface area contributed by atoms with E-state index in [2.05, 4.69) is 29.0 Å². The van der Waals surface area contributed by atoms with Crippen molar-refractivity contribution in [1.29, 1.82) is 0 Å². The maximum absolute atomic E-state index is 12.9. The molecule has 0 unspecified atom stereocenters. The molecule has 2 aromatic rings. The smallest absolute Gasteiger partial charge is 0.324 e. The van der Waals surface area contributed by atoms with Gasteiger partial charge < -0.3 is 10.1 Å². The van der Waals surface area contributed by atoms with E-state index >= 15 is 0 Å². The lowest BCUT2D eigenvalue weighted by Crippen LogP contribution is -2.69. The van der Waals surface area contributed by atoms with E-state index in [0.29, 0.717) is 0 Å². The number of benzene rings is 2. The Morgan fingerprint density at radius 2 is 1.90 bits per heavy atom. The minimum atomic E-state index is -0.909. The molecule has 0 aromatic heterocycles. The molecule has 1 saturated heterocycles. The fourth-order valence-corrected chi connectivity index (χ4v) is 3.87. The first-order chi connectivity index (χ1) is 15.1. The SMILES string of the molecule is CC(=O)O[C@H]1C#C/C=C\C#CC[C@H]2C(=O)N(C(=O)NCc3cccc4ccccc34)[C@H]12. The third-order valence-electron chi connectivity index (χ3n) is 5.30. The molecular formula is C25H20N2O4. The van der Waals surface area contributed by atoms with E-state index < -0.39 is 30.1 Å². The van der Waals surface area contributed by atoms with E-state index in [1.165, 1.54) is 6.92 Å². The molecular weight excluding hydrogens is 392 g/mol. The molecule has 6 heteroatoms. The van der Waals surface area contributed by atoms with Gasteiger partial charge in [0, 0.05) is 19.9 Å². The number of ether oxygens (including phenoxy) is 1. The van der Waals surface area contributed by atoms with Gasteiger partial charge in [0.2, 0.25) is 5.91 Å². The number of fused-ring (bicyclic) bond motifs is 2. The number of β-lactam (4-membered cyclic amide) rings is 1. The Morgan fingerprint density at radius 3 is 2.74 bits per heavy atom. The summed E-state index contributed by atoms with van der Waals surface area (Å²) in [7, 11) is 0. The maximum atomic E-state index is 12.9. The number of amides is 3. The van der Waals surface area contributed by atoms with Gasteiger partial charge in [-0.25, -0.2) is 4.79 Å².